The molecule has 2 aromatic heterocycles. The van der Waals surface area contributed by atoms with Gasteiger partial charge >= 0.3 is 0 Å². The fourth-order valence-corrected chi connectivity index (χ4v) is 4.14. The number of anilines is 1. The molecule has 2 N–H and O–H groups in total. The average Bonchev–Trinajstić information content (AvgIpc) is 3.02. The van der Waals surface area contributed by atoms with Gasteiger partial charge in [-0.3, -0.25) is 4.79 Å². The zero-order valence-electron chi connectivity index (χ0n) is 17.5. The van der Waals surface area contributed by atoms with Gasteiger partial charge in [0.1, 0.15) is 17.0 Å². The third-order valence-electron chi connectivity index (χ3n) is 4.35. The van der Waals surface area contributed by atoms with E-state index in [1.807, 2.05) is 45.9 Å². The Hall–Kier alpha value is -2.87. The number of carbonyl (C=O) groups excluding carboxylic acids is 1. The number of amides is 1. The normalized spacial score (nSPS) is 11.4. The highest BCUT2D eigenvalue weighted by atomic mass is 32.1. The summed E-state index contributed by atoms with van der Waals surface area (Å²) < 4.78 is 10.9. The first-order valence-corrected chi connectivity index (χ1v) is 10.1. The summed E-state index contributed by atoms with van der Waals surface area (Å²) in [4.78, 5) is 22.9. The summed E-state index contributed by atoms with van der Waals surface area (Å²) >= 11 is 1.37. The van der Waals surface area contributed by atoms with Crippen LogP contribution in [0.15, 0.2) is 24.5 Å². The van der Waals surface area contributed by atoms with Gasteiger partial charge in [0.25, 0.3) is 5.91 Å². The van der Waals surface area contributed by atoms with E-state index in [1.54, 1.807) is 14.2 Å². The minimum absolute atomic E-state index is 0.0987. The van der Waals surface area contributed by atoms with Gasteiger partial charge in [-0.25, -0.2) is 9.97 Å². The maximum Gasteiger partial charge on any atom is 0.262 e. The van der Waals surface area contributed by atoms with Crippen molar-refractivity contribution in [3.05, 3.63) is 40.5 Å². The van der Waals surface area contributed by atoms with Crippen LogP contribution in [0.5, 0.6) is 11.5 Å². The first-order valence-electron chi connectivity index (χ1n) is 9.25. The molecule has 0 radical (unpaired) electrons. The molecule has 3 aromatic rings. The topological polar surface area (TPSA) is 85.4 Å². The molecule has 29 heavy (non-hydrogen) atoms. The van der Waals surface area contributed by atoms with E-state index in [2.05, 4.69) is 20.6 Å². The summed E-state index contributed by atoms with van der Waals surface area (Å²) in [6, 6.07) is 5.74. The first kappa shape index (κ1) is 20.9. The third-order valence-corrected chi connectivity index (χ3v) is 5.55. The molecule has 2 heterocycles. The van der Waals surface area contributed by atoms with Gasteiger partial charge in [-0.05, 0) is 39.3 Å². The lowest BCUT2D eigenvalue weighted by Gasteiger charge is -2.20. The van der Waals surface area contributed by atoms with E-state index in [0.717, 1.165) is 21.3 Å². The molecule has 0 spiro atoms. The zero-order chi connectivity index (χ0) is 21.2. The molecular weight excluding hydrogens is 388 g/mol. The van der Waals surface area contributed by atoms with Crippen molar-refractivity contribution in [2.45, 2.75) is 39.8 Å². The molecule has 0 fully saturated rings. The van der Waals surface area contributed by atoms with Crippen LogP contribution in [-0.2, 0) is 6.54 Å². The smallest absolute Gasteiger partial charge is 0.262 e. The molecule has 154 valence electrons. The largest absolute Gasteiger partial charge is 0.493 e. The second-order valence-electron chi connectivity index (χ2n) is 7.67. The number of aryl methyl sites for hydroxylation is 1. The summed E-state index contributed by atoms with van der Waals surface area (Å²) in [5, 5.41) is 7.23. The highest BCUT2D eigenvalue weighted by Gasteiger charge is 2.22. The van der Waals surface area contributed by atoms with Crippen LogP contribution in [0, 0.1) is 6.92 Å². The van der Waals surface area contributed by atoms with Crippen molar-refractivity contribution in [2.24, 2.45) is 0 Å². The summed E-state index contributed by atoms with van der Waals surface area (Å²) in [7, 11) is 3.23. The van der Waals surface area contributed by atoms with E-state index in [0.29, 0.717) is 28.7 Å². The Morgan fingerprint density at radius 2 is 1.93 bits per heavy atom. The van der Waals surface area contributed by atoms with Gasteiger partial charge in [-0.15, -0.1) is 11.3 Å². The van der Waals surface area contributed by atoms with Gasteiger partial charge < -0.3 is 20.1 Å². The predicted octanol–water partition coefficient (Wildman–Crippen LogP) is 4.16. The minimum Gasteiger partial charge on any atom is -0.493 e. The average molecular weight is 415 g/mol. The summed E-state index contributed by atoms with van der Waals surface area (Å²) in [5.41, 5.74) is 1.50. The van der Waals surface area contributed by atoms with E-state index in [1.165, 1.54) is 17.7 Å². The lowest BCUT2D eigenvalue weighted by atomic mass is 10.1. The number of ether oxygens (including phenoxy) is 2. The number of aromatic nitrogens is 2. The van der Waals surface area contributed by atoms with Crippen molar-refractivity contribution in [3.63, 3.8) is 0 Å². The van der Waals surface area contributed by atoms with Gasteiger partial charge in [-0.1, -0.05) is 12.1 Å². The van der Waals surface area contributed by atoms with E-state index in [9.17, 15) is 4.79 Å². The van der Waals surface area contributed by atoms with Crippen LogP contribution in [0.3, 0.4) is 0 Å². The lowest BCUT2D eigenvalue weighted by Crippen LogP contribution is -2.40. The van der Waals surface area contributed by atoms with E-state index in [4.69, 9.17) is 9.47 Å². The van der Waals surface area contributed by atoms with Gasteiger partial charge in [0, 0.05) is 17.6 Å². The second kappa shape index (κ2) is 8.24. The lowest BCUT2D eigenvalue weighted by molar-refractivity contribution is 0.0923. The highest BCUT2D eigenvalue weighted by molar-refractivity contribution is 7.20. The number of hydrogen-bond donors (Lipinski definition) is 2. The summed E-state index contributed by atoms with van der Waals surface area (Å²) in [6.45, 7) is 8.30. The van der Waals surface area contributed by atoms with Crippen molar-refractivity contribution in [1.82, 2.24) is 15.3 Å². The zero-order valence-corrected chi connectivity index (χ0v) is 18.4. The number of thiophene rings is 1. The third kappa shape index (κ3) is 4.42. The summed E-state index contributed by atoms with van der Waals surface area (Å²) in [5.74, 6) is 1.94. The number of carbonyl (C=O) groups is 1. The van der Waals surface area contributed by atoms with Crippen molar-refractivity contribution in [3.8, 4) is 11.5 Å². The molecule has 3 rings (SSSR count). The molecule has 0 unspecified atom stereocenters. The second-order valence-corrected chi connectivity index (χ2v) is 8.67. The molecule has 0 saturated carbocycles. The minimum atomic E-state index is -0.310. The fourth-order valence-electron chi connectivity index (χ4n) is 3.09. The van der Waals surface area contributed by atoms with Crippen molar-refractivity contribution in [1.29, 1.82) is 0 Å². The van der Waals surface area contributed by atoms with Crippen LogP contribution >= 0.6 is 11.3 Å². The van der Waals surface area contributed by atoms with Crippen LogP contribution in [-0.4, -0.2) is 35.6 Å². The van der Waals surface area contributed by atoms with Crippen molar-refractivity contribution >= 4 is 33.3 Å². The molecule has 8 heteroatoms. The molecule has 0 aliphatic rings. The maximum atomic E-state index is 12.7. The first-order chi connectivity index (χ1) is 13.7. The number of fused-ring (bicyclic) bond motifs is 1. The van der Waals surface area contributed by atoms with Crippen LogP contribution in [0.25, 0.3) is 10.2 Å². The monoisotopic (exact) mass is 414 g/mol. The number of nitrogens with zero attached hydrogens (tertiary/aromatic N) is 2. The van der Waals surface area contributed by atoms with Crippen LogP contribution in [0.2, 0.25) is 0 Å². The summed E-state index contributed by atoms with van der Waals surface area (Å²) in [6.07, 6.45) is 1.51. The Bertz CT molecular complexity index is 1040. The Labute approximate surface area is 174 Å². The molecule has 0 saturated heterocycles. The van der Waals surface area contributed by atoms with Crippen LogP contribution in [0.4, 0.5) is 5.82 Å². The number of para-hydroxylation sites is 1. The number of hydrogen-bond acceptors (Lipinski definition) is 7. The fraction of sp³-hybridized carbons (Fsp3) is 0.381. The molecular formula is C21H26N4O3S. The standard InChI is InChI=1S/C21H26N4O3S/c1-12-15-18(22-10-13-8-7-9-14(27-5)16(13)28-6)23-11-24-20(15)29-17(12)19(26)25-21(2,3)4/h7-9,11H,10H2,1-6H3,(H,25,26)(H,22,23,24). The number of methoxy groups -OCH3 is 2. The maximum absolute atomic E-state index is 12.7. The van der Waals surface area contributed by atoms with Gasteiger partial charge in [0.2, 0.25) is 0 Å². The molecule has 7 nitrogen and oxygen atoms in total. The Morgan fingerprint density at radius 3 is 2.59 bits per heavy atom. The van der Waals surface area contributed by atoms with Crippen molar-refractivity contribution < 1.29 is 14.3 Å². The van der Waals surface area contributed by atoms with Gasteiger partial charge in [0.05, 0.1) is 24.5 Å². The van der Waals surface area contributed by atoms with E-state index < -0.39 is 0 Å². The van der Waals surface area contributed by atoms with E-state index >= 15 is 0 Å². The molecule has 0 bridgehead atoms. The Morgan fingerprint density at radius 1 is 1.17 bits per heavy atom. The van der Waals surface area contributed by atoms with E-state index in [-0.39, 0.29) is 11.4 Å². The quantitative estimate of drug-likeness (QED) is 0.630. The number of rotatable bonds is 6. The Kier molecular flexibility index (Phi) is 5.93. The van der Waals surface area contributed by atoms with Crippen molar-refractivity contribution in [2.75, 3.05) is 19.5 Å². The predicted molar refractivity (Wildman–Crippen MR) is 116 cm³/mol. The molecule has 0 atom stereocenters. The molecule has 0 aliphatic heterocycles. The van der Waals surface area contributed by atoms with Crippen LogP contribution < -0.4 is 20.1 Å². The van der Waals surface area contributed by atoms with Crippen LogP contribution in [0.1, 0.15) is 41.6 Å². The van der Waals surface area contributed by atoms with Gasteiger partial charge in [-0.2, -0.15) is 0 Å². The van der Waals surface area contributed by atoms with Gasteiger partial charge in [0.15, 0.2) is 11.5 Å². The molecule has 0 aliphatic carbocycles. The Balaban J connectivity index is 1.93. The SMILES string of the molecule is COc1cccc(CNc2ncnc3sc(C(=O)NC(C)(C)C)c(C)c23)c1OC. The number of nitrogens with one attached hydrogen (secondary N) is 2. The highest BCUT2D eigenvalue weighted by Crippen LogP contribution is 2.35. The number of benzene rings is 1. The molecule has 1 aromatic carbocycles. The molecule has 1 amide bonds.